The molecule has 1 aliphatic heterocycles. The number of hydrogen-bond donors (Lipinski definition) is 2. The van der Waals surface area contributed by atoms with Crippen LogP contribution in [0.4, 0.5) is 11.4 Å². The second-order valence-electron chi connectivity index (χ2n) is 6.33. The van der Waals surface area contributed by atoms with E-state index in [1.165, 1.54) is 18.7 Å². The van der Waals surface area contributed by atoms with Gasteiger partial charge < -0.3 is 15.4 Å². The molecule has 0 saturated carbocycles. The van der Waals surface area contributed by atoms with Gasteiger partial charge >= 0.3 is 0 Å². The molecule has 8 heteroatoms. The van der Waals surface area contributed by atoms with Crippen LogP contribution in [0.1, 0.15) is 30.6 Å². The number of thioether (sulfide) groups is 1. The van der Waals surface area contributed by atoms with E-state index in [1.807, 2.05) is 19.1 Å². The lowest BCUT2D eigenvalue weighted by Gasteiger charge is -2.08. The van der Waals surface area contributed by atoms with Crippen molar-refractivity contribution in [2.75, 3.05) is 11.9 Å². The van der Waals surface area contributed by atoms with Gasteiger partial charge in [0.25, 0.3) is 0 Å². The minimum atomic E-state index is -0.563. The number of ketones is 1. The largest absolute Gasteiger partial charge is 0.494 e. The summed E-state index contributed by atoms with van der Waals surface area (Å²) in [4.78, 5) is 40.4. The van der Waals surface area contributed by atoms with Crippen LogP contribution in [0.5, 0.6) is 5.75 Å². The summed E-state index contributed by atoms with van der Waals surface area (Å²) in [7, 11) is 0. The van der Waals surface area contributed by atoms with Crippen LogP contribution in [0.25, 0.3) is 0 Å². The maximum absolute atomic E-state index is 12.3. The highest BCUT2D eigenvalue weighted by molar-refractivity contribution is 8.15. The summed E-state index contributed by atoms with van der Waals surface area (Å²) in [6.45, 7) is 3.96. The zero-order valence-corrected chi connectivity index (χ0v) is 16.9. The van der Waals surface area contributed by atoms with Crippen molar-refractivity contribution in [3.8, 4) is 5.75 Å². The Morgan fingerprint density at radius 3 is 2.66 bits per heavy atom. The lowest BCUT2D eigenvalue weighted by molar-refractivity contribution is -0.122. The van der Waals surface area contributed by atoms with Crippen molar-refractivity contribution >= 4 is 45.9 Å². The van der Waals surface area contributed by atoms with Crippen molar-refractivity contribution in [2.24, 2.45) is 4.99 Å². The quantitative estimate of drug-likeness (QED) is 0.680. The molecule has 3 rings (SSSR count). The molecule has 2 amide bonds. The number of carbonyl (C=O) groups is 3. The molecule has 1 fully saturated rings. The van der Waals surface area contributed by atoms with Gasteiger partial charge in [-0.1, -0.05) is 23.9 Å². The zero-order valence-electron chi connectivity index (χ0n) is 16.1. The molecule has 150 valence electrons. The third kappa shape index (κ3) is 5.68. The third-order valence-electron chi connectivity index (χ3n) is 4.08. The predicted molar refractivity (Wildman–Crippen MR) is 114 cm³/mol. The molecular weight excluding hydrogens is 390 g/mol. The highest BCUT2D eigenvalue weighted by atomic mass is 32.2. The van der Waals surface area contributed by atoms with Crippen LogP contribution >= 0.6 is 11.8 Å². The first-order valence-electron chi connectivity index (χ1n) is 9.14. The molecule has 2 aromatic rings. The number of carbonyl (C=O) groups excluding carboxylic acids is 3. The summed E-state index contributed by atoms with van der Waals surface area (Å²) >= 11 is 1.22. The Balaban J connectivity index is 1.59. The van der Waals surface area contributed by atoms with E-state index >= 15 is 0 Å². The summed E-state index contributed by atoms with van der Waals surface area (Å²) in [6, 6.07) is 13.9. The molecule has 1 heterocycles. The molecule has 0 spiro atoms. The monoisotopic (exact) mass is 411 g/mol. The summed E-state index contributed by atoms with van der Waals surface area (Å²) < 4.78 is 5.39. The van der Waals surface area contributed by atoms with Crippen molar-refractivity contribution in [1.29, 1.82) is 0 Å². The molecule has 1 saturated heterocycles. The van der Waals surface area contributed by atoms with Gasteiger partial charge in [-0.15, -0.1) is 0 Å². The van der Waals surface area contributed by atoms with Crippen LogP contribution in [0.3, 0.4) is 0 Å². The molecule has 1 atom stereocenters. The third-order valence-corrected chi connectivity index (χ3v) is 5.16. The first-order valence-corrected chi connectivity index (χ1v) is 10.0. The highest BCUT2D eigenvalue weighted by Gasteiger charge is 2.32. The number of anilines is 1. The zero-order chi connectivity index (χ0) is 20.8. The maximum Gasteiger partial charge on any atom is 0.240 e. The van der Waals surface area contributed by atoms with Crippen LogP contribution in [-0.2, 0) is 9.59 Å². The van der Waals surface area contributed by atoms with Crippen molar-refractivity contribution in [3.63, 3.8) is 0 Å². The number of Topliss-reactive ketones (excluding diaryl/α,β-unsaturated/α-hetero) is 1. The van der Waals surface area contributed by atoms with Crippen LogP contribution in [0.15, 0.2) is 53.5 Å². The molecule has 29 heavy (non-hydrogen) atoms. The first-order chi connectivity index (χ1) is 13.9. The normalized spacial score (nSPS) is 17.1. The van der Waals surface area contributed by atoms with Gasteiger partial charge in [0.1, 0.15) is 11.0 Å². The molecule has 2 aromatic carbocycles. The molecule has 0 unspecified atom stereocenters. The Hall–Kier alpha value is -3.13. The molecule has 0 aromatic heterocycles. The van der Waals surface area contributed by atoms with E-state index in [-0.39, 0.29) is 24.0 Å². The Morgan fingerprint density at radius 1 is 1.21 bits per heavy atom. The van der Waals surface area contributed by atoms with Gasteiger partial charge in [0, 0.05) is 17.7 Å². The Kier molecular flexibility index (Phi) is 6.66. The van der Waals surface area contributed by atoms with Crippen molar-refractivity contribution in [2.45, 2.75) is 25.5 Å². The standard InChI is InChI=1S/C21H21N3O4S/c1-3-28-17-9-7-15(8-10-17)23-21-24-20(27)18(29-21)12-19(26)22-16-6-4-5-14(11-16)13(2)25/h4-11,18H,3,12H2,1-2H3,(H,22,26)(H,23,24,27)/t18-/m0/s1. The Bertz CT molecular complexity index is 957. The second kappa shape index (κ2) is 9.38. The molecular formula is C21H21N3O4S. The molecule has 0 bridgehead atoms. The smallest absolute Gasteiger partial charge is 0.240 e. The van der Waals surface area contributed by atoms with Gasteiger partial charge in [-0.25, -0.2) is 4.99 Å². The Morgan fingerprint density at radius 2 is 1.97 bits per heavy atom. The van der Waals surface area contributed by atoms with Gasteiger partial charge in [-0.2, -0.15) is 0 Å². The number of nitrogens with zero attached hydrogens (tertiary/aromatic N) is 1. The number of aliphatic imine (C=N–C) groups is 1. The highest BCUT2D eigenvalue weighted by Crippen LogP contribution is 2.26. The summed E-state index contributed by atoms with van der Waals surface area (Å²) in [6.07, 6.45) is 0.00307. The van der Waals surface area contributed by atoms with Crippen LogP contribution < -0.4 is 15.4 Å². The maximum atomic E-state index is 12.3. The second-order valence-corrected chi connectivity index (χ2v) is 7.52. The fourth-order valence-electron chi connectivity index (χ4n) is 2.69. The van der Waals surface area contributed by atoms with E-state index in [2.05, 4.69) is 15.6 Å². The number of benzene rings is 2. The van der Waals surface area contributed by atoms with Gasteiger partial charge in [0.15, 0.2) is 11.0 Å². The van der Waals surface area contributed by atoms with Crippen molar-refractivity contribution in [3.05, 3.63) is 54.1 Å². The minimum absolute atomic E-state index is 0.00307. The average molecular weight is 411 g/mol. The van der Waals surface area contributed by atoms with E-state index in [9.17, 15) is 14.4 Å². The fourth-order valence-corrected chi connectivity index (χ4v) is 3.68. The van der Waals surface area contributed by atoms with E-state index < -0.39 is 5.25 Å². The lowest BCUT2D eigenvalue weighted by atomic mass is 10.1. The van der Waals surface area contributed by atoms with E-state index in [0.29, 0.717) is 28.7 Å². The molecule has 1 aliphatic rings. The predicted octanol–water partition coefficient (Wildman–Crippen LogP) is 3.54. The number of amides is 2. The van der Waals surface area contributed by atoms with E-state index in [4.69, 9.17) is 4.74 Å². The van der Waals surface area contributed by atoms with Gasteiger partial charge in [0.2, 0.25) is 11.8 Å². The number of rotatable bonds is 7. The van der Waals surface area contributed by atoms with Crippen molar-refractivity contribution < 1.29 is 19.1 Å². The van der Waals surface area contributed by atoms with Gasteiger partial charge in [-0.05, 0) is 50.2 Å². The van der Waals surface area contributed by atoms with Crippen LogP contribution in [-0.4, -0.2) is 34.6 Å². The molecule has 7 nitrogen and oxygen atoms in total. The number of nitrogens with one attached hydrogen (secondary N) is 2. The van der Waals surface area contributed by atoms with Gasteiger partial charge in [-0.3, -0.25) is 14.4 Å². The number of amidine groups is 1. The van der Waals surface area contributed by atoms with Gasteiger partial charge in [0.05, 0.1) is 12.3 Å². The van der Waals surface area contributed by atoms with E-state index in [1.54, 1.807) is 36.4 Å². The average Bonchev–Trinajstić information content (AvgIpc) is 3.02. The molecule has 0 aliphatic carbocycles. The molecule has 0 radical (unpaired) electrons. The topological polar surface area (TPSA) is 96.9 Å². The fraction of sp³-hybridized carbons (Fsp3) is 0.238. The molecule has 2 N–H and O–H groups in total. The Labute approximate surface area is 172 Å². The lowest BCUT2D eigenvalue weighted by Crippen LogP contribution is -2.28. The summed E-state index contributed by atoms with van der Waals surface area (Å²) in [5.41, 5.74) is 1.72. The van der Waals surface area contributed by atoms with Crippen molar-refractivity contribution in [1.82, 2.24) is 5.32 Å². The SMILES string of the molecule is CCOc1ccc(N=C2NC(=O)[C@H](CC(=O)Nc3cccc(C(C)=O)c3)S2)cc1. The minimum Gasteiger partial charge on any atom is -0.494 e. The van der Waals surface area contributed by atoms with Crippen LogP contribution in [0, 0.1) is 0 Å². The first kappa shape index (κ1) is 20.6. The summed E-state index contributed by atoms with van der Waals surface area (Å²) in [5, 5.41) is 5.32. The summed E-state index contributed by atoms with van der Waals surface area (Å²) in [5.74, 6) is 0.109. The number of hydrogen-bond acceptors (Lipinski definition) is 6. The van der Waals surface area contributed by atoms with Crippen LogP contribution in [0.2, 0.25) is 0 Å². The number of ether oxygens (including phenoxy) is 1. The van der Waals surface area contributed by atoms with E-state index in [0.717, 1.165) is 5.75 Å².